The summed E-state index contributed by atoms with van der Waals surface area (Å²) in [6, 6.07) is 16.3. The van der Waals surface area contributed by atoms with Gasteiger partial charge in [-0.2, -0.15) is 0 Å². The Morgan fingerprint density at radius 3 is 2.32 bits per heavy atom. The van der Waals surface area contributed by atoms with Crippen LogP contribution in [-0.4, -0.2) is 34.4 Å². The summed E-state index contributed by atoms with van der Waals surface area (Å²) in [5.74, 6) is -0.338. The van der Waals surface area contributed by atoms with E-state index in [2.05, 4.69) is 10.0 Å². The van der Waals surface area contributed by atoms with E-state index in [-0.39, 0.29) is 36.2 Å². The van der Waals surface area contributed by atoms with E-state index in [9.17, 15) is 14.4 Å². The zero-order valence-electron chi connectivity index (χ0n) is 16.3. The fraction of sp³-hybridized carbons (Fsp3) is 0.136. The molecule has 0 radical (unpaired) electrons. The van der Waals surface area contributed by atoms with Gasteiger partial charge in [0.2, 0.25) is 0 Å². The number of hydrogen-bond donors (Lipinski definition) is 0. The van der Waals surface area contributed by atoms with Crippen molar-refractivity contribution in [2.45, 2.75) is 6.42 Å². The second-order valence-corrected chi connectivity index (χ2v) is 6.76. The molecule has 9 heteroatoms. The molecule has 0 atom stereocenters. The Bertz CT molecular complexity index is 1240. The number of nitrogens with zero attached hydrogens (tertiary/aromatic N) is 5. The van der Waals surface area contributed by atoms with E-state index < -0.39 is 0 Å². The maximum atomic E-state index is 12.4. The molecule has 1 aliphatic heterocycles. The molecule has 2 heterocycles. The van der Waals surface area contributed by atoms with Crippen LogP contribution in [0.4, 0.5) is 5.69 Å². The molecule has 1 aliphatic rings. The Morgan fingerprint density at radius 1 is 0.935 bits per heavy atom. The predicted molar refractivity (Wildman–Crippen MR) is 113 cm³/mol. The van der Waals surface area contributed by atoms with Crippen LogP contribution in [0.5, 0.6) is 5.75 Å². The van der Waals surface area contributed by atoms with Crippen molar-refractivity contribution >= 4 is 17.5 Å². The molecule has 2 aromatic carbocycles. The van der Waals surface area contributed by atoms with Crippen LogP contribution in [0.3, 0.4) is 0 Å². The number of rotatable bonds is 7. The van der Waals surface area contributed by atoms with Crippen LogP contribution in [0, 0.1) is 0 Å². The van der Waals surface area contributed by atoms with Crippen LogP contribution in [0.1, 0.15) is 27.1 Å². The fourth-order valence-corrected chi connectivity index (χ4v) is 3.39. The van der Waals surface area contributed by atoms with Gasteiger partial charge in [0.1, 0.15) is 5.75 Å². The van der Waals surface area contributed by atoms with Gasteiger partial charge in [0.15, 0.2) is 0 Å². The van der Waals surface area contributed by atoms with Crippen LogP contribution in [0.25, 0.3) is 16.1 Å². The lowest BCUT2D eigenvalue weighted by Crippen LogP contribution is -2.31. The SMILES string of the molecule is [N-]=[N+]=Nc1ccc(-n2ccccc2=O)cc1OCCCN1C(=O)c2ccccc2C1=O. The molecule has 4 rings (SSSR count). The average molecular weight is 415 g/mol. The van der Waals surface area contributed by atoms with Crippen molar-refractivity contribution in [3.05, 3.63) is 98.8 Å². The van der Waals surface area contributed by atoms with Crippen LogP contribution in [0.2, 0.25) is 0 Å². The molecule has 3 aromatic rings. The Balaban J connectivity index is 1.46. The first-order chi connectivity index (χ1) is 15.1. The molecular weight excluding hydrogens is 398 g/mol. The molecular formula is C22H17N5O4. The molecule has 0 fully saturated rings. The third-order valence-corrected chi connectivity index (χ3v) is 4.86. The topological polar surface area (TPSA) is 117 Å². The minimum absolute atomic E-state index is 0.175. The molecule has 31 heavy (non-hydrogen) atoms. The van der Waals surface area contributed by atoms with Gasteiger partial charge in [-0.15, -0.1) is 0 Å². The second-order valence-electron chi connectivity index (χ2n) is 6.76. The fourth-order valence-electron chi connectivity index (χ4n) is 3.39. The molecule has 0 spiro atoms. The normalized spacial score (nSPS) is 12.5. The van der Waals surface area contributed by atoms with Gasteiger partial charge in [-0.1, -0.05) is 23.3 Å². The average Bonchev–Trinajstić information content (AvgIpc) is 3.03. The Kier molecular flexibility index (Phi) is 5.51. The molecule has 1 aromatic heterocycles. The summed E-state index contributed by atoms with van der Waals surface area (Å²) < 4.78 is 7.21. The molecule has 2 amide bonds. The van der Waals surface area contributed by atoms with Crippen LogP contribution >= 0.6 is 0 Å². The van der Waals surface area contributed by atoms with Gasteiger partial charge in [0.25, 0.3) is 17.4 Å². The minimum atomic E-state index is -0.319. The summed E-state index contributed by atoms with van der Waals surface area (Å²) in [7, 11) is 0. The first-order valence-electron chi connectivity index (χ1n) is 9.55. The quantitative estimate of drug-likeness (QED) is 0.191. The van der Waals surface area contributed by atoms with Gasteiger partial charge in [-0.05, 0) is 42.3 Å². The van der Waals surface area contributed by atoms with Crippen LogP contribution in [-0.2, 0) is 0 Å². The van der Waals surface area contributed by atoms with Crippen LogP contribution in [0.15, 0.2) is 76.8 Å². The van der Waals surface area contributed by atoms with Gasteiger partial charge in [0.05, 0.1) is 29.1 Å². The maximum Gasteiger partial charge on any atom is 0.261 e. The number of pyridine rings is 1. The molecule has 154 valence electrons. The molecule has 0 bridgehead atoms. The highest BCUT2D eigenvalue weighted by Gasteiger charge is 2.34. The monoisotopic (exact) mass is 415 g/mol. The number of carbonyl (C=O) groups excluding carboxylic acids is 2. The van der Waals surface area contributed by atoms with Crippen LogP contribution < -0.4 is 10.3 Å². The molecule has 0 aliphatic carbocycles. The van der Waals surface area contributed by atoms with Crippen molar-refractivity contribution in [3.63, 3.8) is 0 Å². The number of benzene rings is 2. The summed E-state index contributed by atoms with van der Waals surface area (Å²) in [6.45, 7) is 0.371. The number of azide groups is 1. The predicted octanol–water partition coefficient (Wildman–Crippen LogP) is 3.84. The Labute approximate surface area is 176 Å². The molecule has 0 saturated heterocycles. The van der Waals surface area contributed by atoms with E-state index in [0.717, 1.165) is 0 Å². The largest absolute Gasteiger partial charge is 0.493 e. The number of fused-ring (bicyclic) bond motifs is 1. The highest BCUT2D eigenvalue weighted by molar-refractivity contribution is 6.21. The third-order valence-electron chi connectivity index (χ3n) is 4.86. The molecule has 0 N–H and O–H groups in total. The smallest absolute Gasteiger partial charge is 0.261 e. The highest BCUT2D eigenvalue weighted by atomic mass is 16.5. The molecule has 0 saturated carbocycles. The van der Waals surface area contributed by atoms with Crippen molar-refractivity contribution in [2.75, 3.05) is 13.2 Å². The second kappa shape index (κ2) is 8.56. The van der Waals surface area contributed by atoms with Crippen molar-refractivity contribution in [1.29, 1.82) is 0 Å². The lowest BCUT2D eigenvalue weighted by Gasteiger charge is -2.15. The number of amides is 2. The van der Waals surface area contributed by atoms with E-state index in [1.165, 1.54) is 15.5 Å². The van der Waals surface area contributed by atoms with Gasteiger partial charge in [-0.25, -0.2) is 0 Å². The summed E-state index contributed by atoms with van der Waals surface area (Å²) in [5, 5.41) is 3.62. The van der Waals surface area contributed by atoms with E-state index in [1.54, 1.807) is 60.8 Å². The van der Waals surface area contributed by atoms with E-state index in [4.69, 9.17) is 10.3 Å². The first kappa shape index (κ1) is 19.9. The summed E-state index contributed by atoms with van der Waals surface area (Å²) in [4.78, 5) is 40.9. The zero-order chi connectivity index (χ0) is 21.8. The van der Waals surface area contributed by atoms with E-state index in [1.807, 2.05) is 0 Å². The van der Waals surface area contributed by atoms with Gasteiger partial charge < -0.3 is 4.74 Å². The zero-order valence-corrected chi connectivity index (χ0v) is 16.3. The highest BCUT2D eigenvalue weighted by Crippen LogP contribution is 2.30. The van der Waals surface area contributed by atoms with Crippen molar-refractivity contribution < 1.29 is 14.3 Å². The first-order valence-corrected chi connectivity index (χ1v) is 9.55. The van der Waals surface area contributed by atoms with Crippen molar-refractivity contribution in [1.82, 2.24) is 9.47 Å². The third kappa shape index (κ3) is 3.90. The van der Waals surface area contributed by atoms with E-state index in [0.29, 0.717) is 29.0 Å². The summed E-state index contributed by atoms with van der Waals surface area (Å²) in [6.07, 6.45) is 2.01. The van der Waals surface area contributed by atoms with Gasteiger partial charge in [-0.3, -0.25) is 23.9 Å². The Morgan fingerprint density at radius 2 is 1.65 bits per heavy atom. The summed E-state index contributed by atoms with van der Waals surface area (Å²) >= 11 is 0. The molecule has 0 unspecified atom stereocenters. The standard InChI is InChI=1S/C22H17N5O4/c23-25-24-18-10-9-15(26-11-4-3-8-20(26)28)14-19(18)31-13-5-12-27-21(29)16-6-1-2-7-17(16)22(27)30/h1-4,6-11,14H,5,12-13H2. The van der Waals surface area contributed by atoms with Gasteiger partial charge >= 0.3 is 0 Å². The number of hydrogen-bond acceptors (Lipinski definition) is 5. The minimum Gasteiger partial charge on any atom is -0.493 e. The van der Waals surface area contributed by atoms with Gasteiger partial charge in [0, 0.05) is 29.8 Å². The number of imide groups is 1. The lowest BCUT2D eigenvalue weighted by atomic mass is 10.1. The maximum absolute atomic E-state index is 12.4. The molecule has 9 nitrogen and oxygen atoms in total. The Hall–Kier alpha value is -4.36. The van der Waals surface area contributed by atoms with Crippen molar-refractivity contribution in [3.8, 4) is 11.4 Å². The number of aromatic nitrogens is 1. The number of carbonyl (C=O) groups is 2. The number of ether oxygens (including phenoxy) is 1. The lowest BCUT2D eigenvalue weighted by molar-refractivity contribution is 0.0647. The van der Waals surface area contributed by atoms with Crippen molar-refractivity contribution in [2.24, 2.45) is 5.11 Å². The van der Waals surface area contributed by atoms with E-state index >= 15 is 0 Å². The summed E-state index contributed by atoms with van der Waals surface area (Å²) in [5.41, 5.74) is 10.2.